The van der Waals surface area contributed by atoms with E-state index in [9.17, 15) is 0 Å². The van der Waals surface area contributed by atoms with Crippen molar-refractivity contribution in [1.29, 1.82) is 0 Å². The molecule has 0 aromatic heterocycles. The standard InChI is InChI=1S/C23H31N3O3.HI/c1-4-24-23(26-19-12-13-20(27-2)21(15-19)28-3)25-16-18-11-8-14-29-22(18)17-9-6-5-7-10-17;/h5-7,9-10,12-13,15,18,22H,4,8,11,14,16H2,1-3H3,(H2,24,25,26);1H. The Morgan fingerprint density at radius 3 is 2.57 bits per heavy atom. The fraction of sp³-hybridized carbons (Fsp3) is 0.435. The highest BCUT2D eigenvalue weighted by molar-refractivity contribution is 14.0. The fourth-order valence-electron chi connectivity index (χ4n) is 3.61. The lowest BCUT2D eigenvalue weighted by atomic mass is 9.89. The number of hydrogen-bond donors (Lipinski definition) is 2. The first kappa shape index (κ1) is 24.3. The zero-order chi connectivity index (χ0) is 20.5. The normalized spacial score (nSPS) is 18.8. The molecule has 0 amide bonds. The topological polar surface area (TPSA) is 64.1 Å². The number of halogens is 1. The van der Waals surface area contributed by atoms with E-state index in [0.29, 0.717) is 24.0 Å². The van der Waals surface area contributed by atoms with Crippen LogP contribution in [0, 0.1) is 5.92 Å². The molecule has 0 spiro atoms. The number of ether oxygens (including phenoxy) is 3. The highest BCUT2D eigenvalue weighted by atomic mass is 127. The van der Waals surface area contributed by atoms with E-state index in [1.807, 2.05) is 24.3 Å². The molecule has 1 aliphatic rings. The van der Waals surface area contributed by atoms with Crippen LogP contribution in [0.2, 0.25) is 0 Å². The van der Waals surface area contributed by atoms with Gasteiger partial charge in [0.05, 0.1) is 20.3 Å². The van der Waals surface area contributed by atoms with Crippen LogP contribution in [0.3, 0.4) is 0 Å². The van der Waals surface area contributed by atoms with Gasteiger partial charge in [-0.05, 0) is 37.5 Å². The number of methoxy groups -OCH3 is 2. The third-order valence-electron chi connectivity index (χ3n) is 5.05. The van der Waals surface area contributed by atoms with Crippen molar-refractivity contribution in [3.05, 3.63) is 54.1 Å². The maximum Gasteiger partial charge on any atom is 0.195 e. The Balaban J connectivity index is 0.00000320. The highest BCUT2D eigenvalue weighted by Crippen LogP contribution is 2.34. The molecule has 2 unspecified atom stereocenters. The summed E-state index contributed by atoms with van der Waals surface area (Å²) in [5, 5.41) is 6.68. The quantitative estimate of drug-likeness (QED) is 0.307. The van der Waals surface area contributed by atoms with Crippen molar-refractivity contribution in [2.75, 3.05) is 39.2 Å². The highest BCUT2D eigenvalue weighted by Gasteiger charge is 2.27. The molecule has 3 rings (SSSR count). The van der Waals surface area contributed by atoms with Crippen LogP contribution in [-0.2, 0) is 4.74 Å². The Kier molecular flexibility index (Phi) is 10.2. The van der Waals surface area contributed by atoms with Crippen molar-refractivity contribution in [3.63, 3.8) is 0 Å². The maximum atomic E-state index is 6.10. The summed E-state index contributed by atoms with van der Waals surface area (Å²) >= 11 is 0. The molecular weight excluding hydrogens is 493 g/mol. The molecule has 1 saturated heterocycles. The smallest absolute Gasteiger partial charge is 0.195 e. The maximum absolute atomic E-state index is 6.10. The van der Waals surface area contributed by atoms with Gasteiger partial charge in [-0.1, -0.05) is 30.3 Å². The van der Waals surface area contributed by atoms with Crippen LogP contribution < -0.4 is 20.1 Å². The van der Waals surface area contributed by atoms with Crippen LogP contribution in [0.4, 0.5) is 5.69 Å². The number of hydrogen-bond acceptors (Lipinski definition) is 4. The van der Waals surface area contributed by atoms with Crippen LogP contribution in [0.1, 0.15) is 31.4 Å². The van der Waals surface area contributed by atoms with Gasteiger partial charge in [0.25, 0.3) is 0 Å². The van der Waals surface area contributed by atoms with Gasteiger partial charge in [-0.15, -0.1) is 24.0 Å². The lowest BCUT2D eigenvalue weighted by molar-refractivity contribution is -0.0250. The van der Waals surface area contributed by atoms with Crippen LogP contribution >= 0.6 is 24.0 Å². The number of guanidine groups is 1. The zero-order valence-corrected chi connectivity index (χ0v) is 20.2. The van der Waals surface area contributed by atoms with E-state index in [1.54, 1.807) is 14.2 Å². The lowest BCUT2D eigenvalue weighted by Gasteiger charge is -2.31. The van der Waals surface area contributed by atoms with Crippen molar-refractivity contribution < 1.29 is 14.2 Å². The second-order valence-corrected chi connectivity index (χ2v) is 7.02. The molecule has 30 heavy (non-hydrogen) atoms. The minimum absolute atomic E-state index is 0. The molecule has 2 aromatic rings. The van der Waals surface area contributed by atoms with Crippen molar-refractivity contribution in [3.8, 4) is 11.5 Å². The first-order chi connectivity index (χ1) is 14.2. The number of benzene rings is 2. The number of anilines is 1. The molecule has 0 bridgehead atoms. The Morgan fingerprint density at radius 1 is 1.10 bits per heavy atom. The molecule has 0 saturated carbocycles. The van der Waals surface area contributed by atoms with Crippen LogP contribution in [-0.4, -0.2) is 39.9 Å². The van der Waals surface area contributed by atoms with Crippen molar-refractivity contribution >= 4 is 35.6 Å². The summed E-state index contributed by atoms with van der Waals surface area (Å²) in [7, 11) is 3.26. The van der Waals surface area contributed by atoms with Gasteiger partial charge >= 0.3 is 0 Å². The van der Waals surface area contributed by atoms with Gasteiger partial charge in [0.2, 0.25) is 0 Å². The molecule has 1 fully saturated rings. The second kappa shape index (κ2) is 12.6. The van der Waals surface area contributed by atoms with Gasteiger partial charge in [0, 0.05) is 37.4 Å². The van der Waals surface area contributed by atoms with Crippen molar-refractivity contribution in [2.24, 2.45) is 10.9 Å². The largest absolute Gasteiger partial charge is 0.493 e. The monoisotopic (exact) mass is 525 g/mol. The molecule has 2 aromatic carbocycles. The van der Waals surface area contributed by atoms with Crippen LogP contribution in [0.25, 0.3) is 0 Å². The van der Waals surface area contributed by atoms with E-state index in [2.05, 4.69) is 41.8 Å². The summed E-state index contributed by atoms with van der Waals surface area (Å²) in [6.45, 7) is 4.34. The van der Waals surface area contributed by atoms with Crippen molar-refractivity contribution in [1.82, 2.24) is 5.32 Å². The third-order valence-corrected chi connectivity index (χ3v) is 5.05. The van der Waals surface area contributed by atoms with E-state index < -0.39 is 0 Å². The molecular formula is C23H32IN3O3. The summed E-state index contributed by atoms with van der Waals surface area (Å²) < 4.78 is 16.8. The fourth-order valence-corrected chi connectivity index (χ4v) is 3.61. The van der Waals surface area contributed by atoms with E-state index in [4.69, 9.17) is 19.2 Å². The van der Waals surface area contributed by atoms with Crippen molar-refractivity contribution in [2.45, 2.75) is 25.9 Å². The molecule has 1 aliphatic heterocycles. The average Bonchev–Trinajstić information content (AvgIpc) is 2.78. The Labute approximate surface area is 196 Å². The summed E-state index contributed by atoms with van der Waals surface area (Å²) in [6, 6.07) is 16.2. The van der Waals surface area contributed by atoms with Gasteiger partial charge in [0.1, 0.15) is 0 Å². The van der Waals surface area contributed by atoms with E-state index in [1.165, 1.54) is 5.56 Å². The predicted molar refractivity (Wildman–Crippen MR) is 132 cm³/mol. The minimum atomic E-state index is 0. The molecule has 7 heteroatoms. The SMILES string of the molecule is CCNC(=NCC1CCCOC1c1ccccc1)Nc1ccc(OC)c(OC)c1.I. The van der Waals surface area contributed by atoms with Crippen LogP contribution in [0.15, 0.2) is 53.5 Å². The summed E-state index contributed by atoms with van der Waals surface area (Å²) in [4.78, 5) is 4.85. The summed E-state index contributed by atoms with van der Waals surface area (Å²) in [5.41, 5.74) is 2.12. The number of nitrogens with one attached hydrogen (secondary N) is 2. The van der Waals surface area contributed by atoms with E-state index in [0.717, 1.165) is 37.6 Å². The molecule has 2 N–H and O–H groups in total. The summed E-state index contributed by atoms with van der Waals surface area (Å²) in [5.74, 6) is 2.48. The Morgan fingerprint density at radius 2 is 1.87 bits per heavy atom. The van der Waals surface area contributed by atoms with E-state index in [-0.39, 0.29) is 30.1 Å². The second-order valence-electron chi connectivity index (χ2n) is 7.02. The Hall–Kier alpha value is -2.00. The zero-order valence-electron chi connectivity index (χ0n) is 17.9. The predicted octanol–water partition coefficient (Wildman–Crippen LogP) is 4.87. The number of nitrogens with zero attached hydrogens (tertiary/aromatic N) is 1. The van der Waals surface area contributed by atoms with Gasteiger partial charge in [-0.25, -0.2) is 0 Å². The molecule has 1 heterocycles. The number of aliphatic imine (C=N–C) groups is 1. The molecule has 164 valence electrons. The molecule has 0 radical (unpaired) electrons. The van der Waals surface area contributed by atoms with Gasteiger partial charge < -0.3 is 24.8 Å². The number of rotatable bonds is 7. The average molecular weight is 525 g/mol. The lowest BCUT2D eigenvalue weighted by Crippen LogP contribution is -2.32. The molecule has 6 nitrogen and oxygen atoms in total. The Bertz CT molecular complexity index is 802. The van der Waals surface area contributed by atoms with Gasteiger partial charge in [-0.2, -0.15) is 0 Å². The third kappa shape index (κ3) is 6.50. The first-order valence-corrected chi connectivity index (χ1v) is 10.2. The van der Waals surface area contributed by atoms with E-state index >= 15 is 0 Å². The summed E-state index contributed by atoms with van der Waals surface area (Å²) in [6.07, 6.45) is 2.28. The van der Waals surface area contributed by atoms with Crippen LogP contribution in [0.5, 0.6) is 11.5 Å². The van der Waals surface area contributed by atoms with Gasteiger partial charge in [0.15, 0.2) is 17.5 Å². The molecule has 0 aliphatic carbocycles. The minimum Gasteiger partial charge on any atom is -0.493 e. The van der Waals surface area contributed by atoms with Gasteiger partial charge in [-0.3, -0.25) is 4.99 Å². The first-order valence-electron chi connectivity index (χ1n) is 10.2. The molecule has 2 atom stereocenters.